The minimum absolute atomic E-state index is 0.230. The fraction of sp³-hybridized carbons (Fsp3) is 0.136. The molecule has 1 amide bonds. The number of amides is 1. The van der Waals surface area contributed by atoms with E-state index in [0.29, 0.717) is 16.9 Å². The second kappa shape index (κ2) is 10.2. The lowest BCUT2D eigenvalue weighted by Crippen LogP contribution is -2.34. The Balaban J connectivity index is 1.49. The molecule has 6 nitrogen and oxygen atoms in total. The van der Waals surface area contributed by atoms with Gasteiger partial charge in [-0.25, -0.2) is 0 Å². The smallest absolute Gasteiger partial charge is 0.361 e. The van der Waals surface area contributed by atoms with E-state index in [2.05, 4.69) is 20.9 Å². The van der Waals surface area contributed by atoms with E-state index < -0.39 is 17.8 Å². The molecule has 0 saturated carbocycles. The molecule has 1 unspecified atom stereocenters. The Morgan fingerprint density at radius 2 is 1.53 bits per heavy atom. The van der Waals surface area contributed by atoms with Crippen LogP contribution < -0.4 is 21.7 Å². The summed E-state index contributed by atoms with van der Waals surface area (Å²) in [4.78, 5) is 16.2. The first-order chi connectivity index (χ1) is 15.2. The van der Waals surface area contributed by atoms with Crippen molar-refractivity contribution in [2.24, 2.45) is 5.73 Å². The van der Waals surface area contributed by atoms with Crippen molar-refractivity contribution >= 4 is 34.6 Å². The quantitative estimate of drug-likeness (QED) is 0.410. The van der Waals surface area contributed by atoms with Gasteiger partial charge in [-0.05, 0) is 66.3 Å². The number of thiocarbonyl (C=S) groups is 1. The number of halogens is 3. The van der Waals surface area contributed by atoms with Gasteiger partial charge in [0.25, 0.3) is 5.91 Å². The Morgan fingerprint density at radius 1 is 0.938 bits per heavy atom. The highest BCUT2D eigenvalue weighted by atomic mass is 32.1. The number of carbonyl (C=O) groups is 1. The van der Waals surface area contributed by atoms with E-state index in [4.69, 9.17) is 18.0 Å². The number of nitrogens with zero attached hydrogens (tertiary/aromatic N) is 1. The van der Waals surface area contributed by atoms with E-state index in [9.17, 15) is 18.0 Å². The van der Waals surface area contributed by atoms with Crippen LogP contribution in [0.4, 0.5) is 24.5 Å². The van der Waals surface area contributed by atoms with E-state index in [-0.39, 0.29) is 17.6 Å². The average molecular weight is 459 g/mol. The molecule has 0 bridgehead atoms. The van der Waals surface area contributed by atoms with E-state index in [1.807, 2.05) is 0 Å². The number of aromatic nitrogens is 1. The lowest BCUT2D eigenvalue weighted by Gasteiger charge is -2.16. The third-order valence-electron chi connectivity index (χ3n) is 4.49. The number of anilines is 2. The van der Waals surface area contributed by atoms with Crippen LogP contribution in [0.2, 0.25) is 0 Å². The Labute approximate surface area is 188 Å². The number of hydrogen-bond donors (Lipinski definition) is 4. The van der Waals surface area contributed by atoms with Gasteiger partial charge >= 0.3 is 6.18 Å². The molecule has 0 aliphatic heterocycles. The van der Waals surface area contributed by atoms with Crippen LogP contribution in [0.1, 0.15) is 27.5 Å². The van der Waals surface area contributed by atoms with Crippen molar-refractivity contribution in [1.82, 2.24) is 10.3 Å². The molecule has 0 radical (unpaired) electrons. The van der Waals surface area contributed by atoms with Crippen molar-refractivity contribution in [3.05, 3.63) is 89.7 Å². The average Bonchev–Trinajstić information content (AvgIpc) is 2.78. The third-order valence-corrected chi connectivity index (χ3v) is 4.74. The van der Waals surface area contributed by atoms with Gasteiger partial charge in [0.15, 0.2) is 5.11 Å². The Bertz CT molecular complexity index is 1060. The van der Waals surface area contributed by atoms with Crippen LogP contribution in [0.5, 0.6) is 0 Å². The van der Waals surface area contributed by atoms with Crippen LogP contribution in [0.25, 0.3) is 0 Å². The molecule has 2 aromatic carbocycles. The van der Waals surface area contributed by atoms with Gasteiger partial charge in [0, 0.05) is 41.9 Å². The minimum Gasteiger partial charge on any atom is -0.361 e. The fourth-order valence-electron chi connectivity index (χ4n) is 2.76. The highest BCUT2D eigenvalue weighted by molar-refractivity contribution is 7.80. The molecule has 0 fully saturated rings. The first kappa shape index (κ1) is 23.2. The summed E-state index contributed by atoms with van der Waals surface area (Å²) < 4.78 is 37.9. The lowest BCUT2D eigenvalue weighted by molar-refractivity contribution is -0.137. The highest BCUT2D eigenvalue weighted by Crippen LogP contribution is 2.29. The van der Waals surface area contributed by atoms with Crippen molar-refractivity contribution in [2.45, 2.75) is 12.2 Å². The molecule has 0 spiro atoms. The molecule has 5 N–H and O–H groups in total. The van der Waals surface area contributed by atoms with Gasteiger partial charge in [-0.3, -0.25) is 9.78 Å². The van der Waals surface area contributed by atoms with Crippen molar-refractivity contribution in [3.63, 3.8) is 0 Å². The molecule has 10 heteroatoms. The number of rotatable bonds is 6. The van der Waals surface area contributed by atoms with Crippen LogP contribution in [-0.4, -0.2) is 22.5 Å². The molecule has 1 atom stereocenters. The van der Waals surface area contributed by atoms with Gasteiger partial charge in [-0.2, -0.15) is 13.2 Å². The Kier molecular flexibility index (Phi) is 7.39. The molecule has 3 rings (SSSR count). The number of nitrogens with one attached hydrogen (secondary N) is 3. The zero-order chi connectivity index (χ0) is 23.1. The van der Waals surface area contributed by atoms with Crippen molar-refractivity contribution in [3.8, 4) is 0 Å². The topological polar surface area (TPSA) is 92.1 Å². The first-order valence-corrected chi connectivity index (χ1v) is 9.92. The highest BCUT2D eigenvalue weighted by Gasteiger charge is 2.29. The van der Waals surface area contributed by atoms with Gasteiger partial charge in [-0.15, -0.1) is 0 Å². The Morgan fingerprint density at radius 3 is 2.12 bits per heavy atom. The summed E-state index contributed by atoms with van der Waals surface area (Å²) in [6, 6.07) is 14.4. The number of hydrogen-bond acceptors (Lipinski definition) is 4. The normalized spacial score (nSPS) is 12.0. The summed E-state index contributed by atoms with van der Waals surface area (Å²) >= 11 is 5.17. The molecule has 1 aromatic heterocycles. The van der Waals surface area contributed by atoms with Crippen LogP contribution in [0, 0.1) is 0 Å². The molecule has 0 saturated heterocycles. The van der Waals surface area contributed by atoms with E-state index in [1.165, 1.54) is 12.1 Å². The molecule has 1 heterocycles. The summed E-state index contributed by atoms with van der Waals surface area (Å²) in [7, 11) is 0. The predicted molar refractivity (Wildman–Crippen MR) is 121 cm³/mol. The van der Waals surface area contributed by atoms with Crippen LogP contribution >= 0.6 is 12.2 Å². The maximum Gasteiger partial charge on any atom is 0.416 e. The second-order valence-corrected chi connectivity index (χ2v) is 7.24. The molecular weight excluding hydrogens is 439 g/mol. The molecule has 166 valence electrons. The standard InChI is InChI=1S/C22H20F3N5OS/c23-22(24,25)16-5-7-17(8-6-16)30-21(32)28-13-19(26)14-1-3-15(4-2-14)20(31)29-18-9-11-27-12-10-18/h1-12,19H,13,26H2,(H,27,29,31)(H2,28,30,32). The minimum atomic E-state index is -4.39. The van der Waals surface area contributed by atoms with Crippen LogP contribution in [0.3, 0.4) is 0 Å². The van der Waals surface area contributed by atoms with Crippen LogP contribution in [0.15, 0.2) is 73.1 Å². The van der Waals surface area contributed by atoms with Gasteiger partial charge in [-0.1, -0.05) is 12.1 Å². The third kappa shape index (κ3) is 6.50. The zero-order valence-electron chi connectivity index (χ0n) is 16.7. The summed E-state index contributed by atoms with van der Waals surface area (Å²) in [6.45, 7) is 0.287. The maximum atomic E-state index is 12.6. The van der Waals surface area contributed by atoms with E-state index >= 15 is 0 Å². The van der Waals surface area contributed by atoms with E-state index in [0.717, 1.165) is 17.7 Å². The van der Waals surface area contributed by atoms with Crippen molar-refractivity contribution in [2.75, 3.05) is 17.2 Å². The SMILES string of the molecule is NC(CNC(=S)Nc1ccc(C(F)(F)F)cc1)c1ccc(C(=O)Nc2ccncc2)cc1. The zero-order valence-corrected chi connectivity index (χ0v) is 17.5. The number of pyridine rings is 1. The lowest BCUT2D eigenvalue weighted by atomic mass is 10.1. The number of alkyl halides is 3. The molecular formula is C22H20F3N5OS. The largest absolute Gasteiger partial charge is 0.416 e. The summed E-state index contributed by atoms with van der Waals surface area (Å²) in [5, 5.41) is 8.75. The summed E-state index contributed by atoms with van der Waals surface area (Å²) in [6.07, 6.45) is -1.22. The second-order valence-electron chi connectivity index (χ2n) is 6.83. The summed E-state index contributed by atoms with van der Waals surface area (Å²) in [5.74, 6) is -0.253. The van der Waals surface area contributed by atoms with Crippen molar-refractivity contribution < 1.29 is 18.0 Å². The van der Waals surface area contributed by atoms with Gasteiger partial charge < -0.3 is 21.7 Å². The monoisotopic (exact) mass is 459 g/mol. The molecule has 32 heavy (non-hydrogen) atoms. The molecule has 0 aliphatic carbocycles. The van der Waals surface area contributed by atoms with Gasteiger partial charge in [0.05, 0.1) is 5.56 Å². The predicted octanol–water partition coefficient (Wildman–Crippen LogP) is 4.34. The number of benzene rings is 2. The molecule has 3 aromatic rings. The first-order valence-electron chi connectivity index (χ1n) is 9.51. The van der Waals surface area contributed by atoms with Crippen LogP contribution in [-0.2, 0) is 6.18 Å². The number of nitrogens with two attached hydrogens (primary N) is 1. The maximum absolute atomic E-state index is 12.6. The number of carbonyl (C=O) groups excluding carboxylic acids is 1. The molecule has 0 aliphatic rings. The Hall–Kier alpha value is -3.50. The van der Waals surface area contributed by atoms with E-state index in [1.54, 1.807) is 48.8 Å². The van der Waals surface area contributed by atoms with Crippen molar-refractivity contribution in [1.29, 1.82) is 0 Å². The fourth-order valence-corrected chi connectivity index (χ4v) is 2.96. The van der Waals surface area contributed by atoms with Gasteiger partial charge in [0.2, 0.25) is 0 Å². The van der Waals surface area contributed by atoms with Gasteiger partial charge in [0.1, 0.15) is 0 Å². The summed E-state index contributed by atoms with van der Waals surface area (Å²) in [5.41, 5.74) is 7.77.